The van der Waals surface area contributed by atoms with Crippen molar-refractivity contribution in [3.05, 3.63) is 36.2 Å². The summed E-state index contributed by atoms with van der Waals surface area (Å²) in [5.41, 5.74) is 0. The average molecular weight is 317 g/mol. The highest BCUT2D eigenvalue weighted by Crippen LogP contribution is 2.17. The molecule has 0 unspecified atom stereocenters. The summed E-state index contributed by atoms with van der Waals surface area (Å²) in [7, 11) is 0. The first-order valence-electron chi connectivity index (χ1n) is 8.01. The molecule has 2 aromatic heterocycles. The standard InChI is InChI=1S/C16H23N5O2/c1-12(2)14-9-18-16(23-14)11-21-6-7-22-13(10-21)8-17-15-4-3-5-19-20-15/h3-5,9,12-13H,6-8,10-11H2,1-2H3,(H,17,20)/t13-/m1/s1. The normalized spacial score (nSPS) is 19.2. The molecule has 1 atom stereocenters. The first-order chi connectivity index (χ1) is 11.2. The van der Waals surface area contributed by atoms with Gasteiger partial charge in [0, 0.05) is 31.7 Å². The van der Waals surface area contributed by atoms with Gasteiger partial charge in [-0.15, -0.1) is 5.10 Å². The summed E-state index contributed by atoms with van der Waals surface area (Å²) in [5.74, 6) is 2.85. The molecule has 124 valence electrons. The fourth-order valence-electron chi connectivity index (χ4n) is 2.52. The summed E-state index contributed by atoms with van der Waals surface area (Å²) in [6, 6.07) is 3.76. The summed E-state index contributed by atoms with van der Waals surface area (Å²) in [6.07, 6.45) is 3.60. The molecular formula is C16H23N5O2. The molecule has 0 amide bonds. The number of anilines is 1. The second kappa shape index (κ2) is 7.52. The third-order valence-corrected chi connectivity index (χ3v) is 3.81. The van der Waals surface area contributed by atoms with E-state index in [1.807, 2.05) is 18.3 Å². The minimum Gasteiger partial charge on any atom is -0.444 e. The molecule has 0 spiro atoms. The second-order valence-electron chi connectivity index (χ2n) is 6.03. The SMILES string of the molecule is CC(C)c1cnc(CN2CCO[C@H](CNc3cccnn3)C2)o1. The van der Waals surface area contributed by atoms with Gasteiger partial charge < -0.3 is 14.5 Å². The maximum atomic E-state index is 5.81. The van der Waals surface area contributed by atoms with Crippen LogP contribution in [0.15, 0.2) is 28.9 Å². The van der Waals surface area contributed by atoms with E-state index in [0.717, 1.165) is 37.1 Å². The van der Waals surface area contributed by atoms with E-state index in [2.05, 4.69) is 39.2 Å². The van der Waals surface area contributed by atoms with Crippen molar-refractivity contribution in [1.29, 1.82) is 0 Å². The molecule has 0 saturated carbocycles. The van der Waals surface area contributed by atoms with Crippen molar-refractivity contribution in [2.75, 3.05) is 31.6 Å². The number of aromatic nitrogens is 3. The molecular weight excluding hydrogens is 294 g/mol. The zero-order valence-corrected chi connectivity index (χ0v) is 13.6. The van der Waals surface area contributed by atoms with Crippen LogP contribution in [-0.2, 0) is 11.3 Å². The minimum absolute atomic E-state index is 0.116. The van der Waals surface area contributed by atoms with Gasteiger partial charge in [-0.25, -0.2) is 4.98 Å². The molecule has 3 rings (SSSR count). The lowest BCUT2D eigenvalue weighted by atomic mass is 10.2. The molecule has 7 heteroatoms. The van der Waals surface area contributed by atoms with Crippen molar-refractivity contribution in [1.82, 2.24) is 20.1 Å². The van der Waals surface area contributed by atoms with Gasteiger partial charge in [0.25, 0.3) is 0 Å². The van der Waals surface area contributed by atoms with Crippen molar-refractivity contribution < 1.29 is 9.15 Å². The molecule has 2 aromatic rings. The van der Waals surface area contributed by atoms with Gasteiger partial charge in [0.15, 0.2) is 0 Å². The molecule has 0 bridgehead atoms. The van der Waals surface area contributed by atoms with E-state index in [0.29, 0.717) is 19.1 Å². The van der Waals surface area contributed by atoms with Crippen molar-refractivity contribution in [2.24, 2.45) is 0 Å². The van der Waals surface area contributed by atoms with Gasteiger partial charge in [-0.1, -0.05) is 13.8 Å². The van der Waals surface area contributed by atoms with Crippen LogP contribution in [0.5, 0.6) is 0 Å². The van der Waals surface area contributed by atoms with Gasteiger partial charge in [-0.2, -0.15) is 5.10 Å². The van der Waals surface area contributed by atoms with Crippen LogP contribution >= 0.6 is 0 Å². The van der Waals surface area contributed by atoms with Crippen LogP contribution in [0, 0.1) is 0 Å². The van der Waals surface area contributed by atoms with Crippen molar-refractivity contribution in [2.45, 2.75) is 32.4 Å². The fourth-order valence-corrected chi connectivity index (χ4v) is 2.52. The highest BCUT2D eigenvalue weighted by atomic mass is 16.5. The van der Waals surface area contributed by atoms with Gasteiger partial charge in [-0.05, 0) is 12.1 Å². The topological polar surface area (TPSA) is 76.3 Å². The van der Waals surface area contributed by atoms with Crippen molar-refractivity contribution in [3.8, 4) is 0 Å². The minimum atomic E-state index is 0.116. The fraction of sp³-hybridized carbons (Fsp3) is 0.562. The lowest BCUT2D eigenvalue weighted by molar-refractivity contribution is -0.0265. The molecule has 0 aliphatic carbocycles. The quantitative estimate of drug-likeness (QED) is 0.872. The van der Waals surface area contributed by atoms with Crippen molar-refractivity contribution in [3.63, 3.8) is 0 Å². The third kappa shape index (κ3) is 4.49. The number of hydrogen-bond donors (Lipinski definition) is 1. The van der Waals surface area contributed by atoms with Crippen LogP contribution in [0.4, 0.5) is 5.82 Å². The van der Waals surface area contributed by atoms with E-state index in [9.17, 15) is 0 Å². The van der Waals surface area contributed by atoms with E-state index < -0.39 is 0 Å². The van der Waals surface area contributed by atoms with Gasteiger partial charge in [0.1, 0.15) is 11.6 Å². The summed E-state index contributed by atoms with van der Waals surface area (Å²) < 4.78 is 11.6. The molecule has 23 heavy (non-hydrogen) atoms. The number of oxazole rings is 1. The van der Waals surface area contributed by atoms with Gasteiger partial charge >= 0.3 is 0 Å². The lowest BCUT2D eigenvalue weighted by Crippen LogP contribution is -2.44. The lowest BCUT2D eigenvalue weighted by Gasteiger charge is -2.32. The average Bonchev–Trinajstić information content (AvgIpc) is 3.03. The molecule has 0 aromatic carbocycles. The van der Waals surface area contributed by atoms with Crippen LogP contribution in [0.2, 0.25) is 0 Å². The first kappa shape index (κ1) is 15.9. The summed E-state index contributed by atoms with van der Waals surface area (Å²) in [4.78, 5) is 6.68. The molecule has 0 radical (unpaired) electrons. The summed E-state index contributed by atoms with van der Waals surface area (Å²) in [6.45, 7) is 8.08. The largest absolute Gasteiger partial charge is 0.444 e. The Hall–Kier alpha value is -1.99. The van der Waals surface area contributed by atoms with Gasteiger partial charge in [0.2, 0.25) is 5.89 Å². The molecule has 3 heterocycles. The first-order valence-corrected chi connectivity index (χ1v) is 8.01. The predicted octanol–water partition coefficient (Wildman–Crippen LogP) is 1.90. The van der Waals surface area contributed by atoms with Crippen LogP contribution < -0.4 is 5.32 Å². The Morgan fingerprint density at radius 3 is 3.09 bits per heavy atom. The summed E-state index contributed by atoms with van der Waals surface area (Å²) in [5, 5.41) is 11.1. The van der Waals surface area contributed by atoms with E-state index >= 15 is 0 Å². The number of nitrogens with zero attached hydrogens (tertiary/aromatic N) is 4. The number of ether oxygens (including phenoxy) is 1. The monoisotopic (exact) mass is 317 g/mol. The number of morpholine rings is 1. The van der Waals surface area contributed by atoms with E-state index in [4.69, 9.17) is 9.15 Å². The Labute approximate surface area is 136 Å². The Balaban J connectivity index is 1.49. The van der Waals surface area contributed by atoms with Gasteiger partial charge in [-0.3, -0.25) is 4.90 Å². The molecule has 1 fully saturated rings. The van der Waals surface area contributed by atoms with Crippen LogP contribution in [0.1, 0.15) is 31.4 Å². The van der Waals surface area contributed by atoms with Crippen molar-refractivity contribution >= 4 is 5.82 Å². The number of hydrogen-bond acceptors (Lipinski definition) is 7. The maximum absolute atomic E-state index is 5.81. The number of nitrogens with one attached hydrogen (secondary N) is 1. The van der Waals surface area contributed by atoms with Crippen LogP contribution in [0.25, 0.3) is 0 Å². The second-order valence-corrected chi connectivity index (χ2v) is 6.03. The van der Waals surface area contributed by atoms with E-state index in [-0.39, 0.29) is 6.10 Å². The molecule has 1 saturated heterocycles. The predicted molar refractivity (Wildman–Crippen MR) is 86.1 cm³/mol. The molecule has 1 aliphatic rings. The van der Waals surface area contributed by atoms with Crippen LogP contribution in [-0.4, -0.2) is 52.4 Å². The highest BCUT2D eigenvalue weighted by molar-refractivity contribution is 5.31. The van der Waals surface area contributed by atoms with Crippen LogP contribution in [0.3, 0.4) is 0 Å². The van der Waals surface area contributed by atoms with Gasteiger partial charge in [0.05, 0.1) is 25.5 Å². The molecule has 1 N–H and O–H groups in total. The molecule has 7 nitrogen and oxygen atoms in total. The maximum Gasteiger partial charge on any atom is 0.208 e. The molecule has 1 aliphatic heterocycles. The van der Waals surface area contributed by atoms with E-state index in [1.165, 1.54) is 0 Å². The Kier molecular flexibility index (Phi) is 5.19. The number of rotatable bonds is 6. The van der Waals surface area contributed by atoms with E-state index in [1.54, 1.807) is 6.20 Å². The Morgan fingerprint density at radius 2 is 2.35 bits per heavy atom. The Morgan fingerprint density at radius 1 is 1.43 bits per heavy atom. The third-order valence-electron chi connectivity index (χ3n) is 3.81. The Bertz CT molecular complexity index is 602. The highest BCUT2D eigenvalue weighted by Gasteiger charge is 2.22. The smallest absolute Gasteiger partial charge is 0.208 e. The summed E-state index contributed by atoms with van der Waals surface area (Å²) >= 11 is 0. The zero-order chi connectivity index (χ0) is 16.1. The zero-order valence-electron chi connectivity index (χ0n) is 13.6.